The Hall–Kier alpha value is -1.41. The number of carbonyl (C=O) groups excluding carboxylic acids is 1. The lowest BCUT2D eigenvalue weighted by molar-refractivity contribution is 0.0928. The number of rotatable bonds is 4. The number of benzene rings is 1. The molecule has 8 heteroatoms. The van der Waals surface area contributed by atoms with Crippen LogP contribution >= 0.6 is 22.9 Å². The zero-order valence-corrected chi connectivity index (χ0v) is 16.1. The molecule has 0 unspecified atom stereocenters. The molecular formula is C17H19ClN2O3S2. The minimum Gasteiger partial charge on any atom is -0.349 e. The van der Waals surface area contributed by atoms with Crippen LogP contribution in [0.4, 0.5) is 0 Å². The van der Waals surface area contributed by atoms with E-state index >= 15 is 0 Å². The molecule has 2 aromatic rings. The molecule has 0 aliphatic carbocycles. The highest BCUT2D eigenvalue weighted by molar-refractivity contribution is 7.89. The minimum atomic E-state index is -3.57. The predicted molar refractivity (Wildman–Crippen MR) is 99.8 cm³/mol. The van der Waals surface area contributed by atoms with E-state index in [1.807, 2.05) is 11.4 Å². The van der Waals surface area contributed by atoms with Gasteiger partial charge in [0.1, 0.15) is 0 Å². The number of carbonyl (C=O) groups is 1. The van der Waals surface area contributed by atoms with Gasteiger partial charge in [0.15, 0.2) is 0 Å². The highest BCUT2D eigenvalue weighted by Gasteiger charge is 2.31. The Morgan fingerprint density at radius 3 is 2.60 bits per heavy atom. The van der Waals surface area contributed by atoms with Gasteiger partial charge < -0.3 is 5.32 Å². The van der Waals surface area contributed by atoms with E-state index in [0.717, 1.165) is 0 Å². The molecule has 1 N–H and O–H groups in total. The number of hydrogen-bond donors (Lipinski definition) is 1. The molecule has 3 rings (SSSR count). The summed E-state index contributed by atoms with van der Waals surface area (Å²) in [6.45, 7) is 2.47. The lowest BCUT2D eigenvalue weighted by Gasteiger charge is -2.32. The molecule has 0 saturated carbocycles. The molecule has 1 aromatic carbocycles. The largest absolute Gasteiger partial charge is 0.349 e. The van der Waals surface area contributed by atoms with Gasteiger partial charge in [-0.05, 0) is 48.9 Å². The molecular weight excluding hydrogens is 380 g/mol. The van der Waals surface area contributed by atoms with Crippen molar-refractivity contribution in [2.75, 3.05) is 13.1 Å². The fourth-order valence-corrected chi connectivity index (χ4v) is 5.49. The van der Waals surface area contributed by atoms with Gasteiger partial charge in [0.2, 0.25) is 10.0 Å². The quantitative estimate of drug-likeness (QED) is 0.859. The number of amides is 1. The number of piperidine rings is 1. The molecule has 1 aliphatic rings. The average Bonchev–Trinajstić information content (AvgIpc) is 3.12. The molecule has 1 saturated heterocycles. The molecule has 2 heterocycles. The van der Waals surface area contributed by atoms with Crippen molar-refractivity contribution in [1.82, 2.24) is 9.62 Å². The molecule has 1 aliphatic heterocycles. The lowest BCUT2D eigenvalue weighted by atomic mass is 10.1. The van der Waals surface area contributed by atoms with Gasteiger partial charge >= 0.3 is 0 Å². The van der Waals surface area contributed by atoms with Crippen LogP contribution in [0, 0.1) is 6.92 Å². The van der Waals surface area contributed by atoms with Crippen molar-refractivity contribution < 1.29 is 13.2 Å². The number of sulfonamides is 1. The summed E-state index contributed by atoms with van der Waals surface area (Å²) in [4.78, 5) is 13.0. The molecule has 5 nitrogen and oxygen atoms in total. The van der Waals surface area contributed by atoms with Gasteiger partial charge in [-0.1, -0.05) is 23.7 Å². The summed E-state index contributed by atoms with van der Waals surface area (Å²) in [7, 11) is -3.57. The van der Waals surface area contributed by atoms with Crippen LogP contribution in [0.25, 0.3) is 0 Å². The summed E-state index contributed by atoms with van der Waals surface area (Å²) in [6, 6.07) is 8.52. The maximum Gasteiger partial charge on any atom is 0.261 e. The summed E-state index contributed by atoms with van der Waals surface area (Å²) in [5, 5.41) is 5.28. The molecule has 1 fully saturated rings. The van der Waals surface area contributed by atoms with Crippen LogP contribution in [0.5, 0.6) is 0 Å². The third-order valence-corrected chi connectivity index (χ3v) is 7.69. The van der Waals surface area contributed by atoms with Gasteiger partial charge in [0.05, 0.1) is 9.77 Å². The first kappa shape index (κ1) is 18.4. The standard InChI is InChI=1S/C17H19ClN2O3S2/c1-12-14(18)4-2-6-16(12)25(22,23)20-9-7-13(8-10-20)19-17(21)15-5-3-11-24-15/h2-6,11,13H,7-10H2,1H3,(H,19,21). The molecule has 0 bridgehead atoms. The summed E-state index contributed by atoms with van der Waals surface area (Å²) in [5.74, 6) is -0.0954. The van der Waals surface area contributed by atoms with Crippen LogP contribution in [0.2, 0.25) is 5.02 Å². The number of nitrogens with zero attached hydrogens (tertiary/aromatic N) is 1. The molecule has 25 heavy (non-hydrogen) atoms. The van der Waals surface area contributed by atoms with Crippen LogP contribution in [0.1, 0.15) is 28.1 Å². The van der Waals surface area contributed by atoms with E-state index in [0.29, 0.717) is 41.4 Å². The van der Waals surface area contributed by atoms with Gasteiger partial charge in [-0.2, -0.15) is 4.31 Å². The number of halogens is 1. The van der Waals surface area contributed by atoms with E-state index in [1.165, 1.54) is 15.6 Å². The third-order valence-electron chi connectivity index (χ3n) is 4.37. The Balaban J connectivity index is 1.65. The maximum absolute atomic E-state index is 12.9. The van der Waals surface area contributed by atoms with Crippen molar-refractivity contribution in [3.05, 3.63) is 51.2 Å². The Bertz CT molecular complexity index is 858. The van der Waals surface area contributed by atoms with Gasteiger partial charge in [-0.15, -0.1) is 11.3 Å². The number of nitrogens with one attached hydrogen (secondary N) is 1. The number of hydrogen-bond acceptors (Lipinski definition) is 4. The normalized spacial score (nSPS) is 16.7. The molecule has 0 atom stereocenters. The zero-order chi connectivity index (χ0) is 18.0. The summed E-state index contributed by atoms with van der Waals surface area (Å²) < 4.78 is 27.2. The minimum absolute atomic E-state index is 0.0125. The Labute approximate surface area is 156 Å². The van der Waals surface area contributed by atoms with Gasteiger partial charge in [0.25, 0.3) is 5.91 Å². The van der Waals surface area contributed by atoms with Crippen molar-refractivity contribution in [1.29, 1.82) is 0 Å². The molecule has 134 valence electrons. The van der Waals surface area contributed by atoms with E-state index < -0.39 is 10.0 Å². The highest BCUT2D eigenvalue weighted by atomic mass is 35.5. The molecule has 1 aromatic heterocycles. The highest BCUT2D eigenvalue weighted by Crippen LogP contribution is 2.27. The van der Waals surface area contributed by atoms with Crippen molar-refractivity contribution >= 4 is 38.9 Å². The first-order valence-electron chi connectivity index (χ1n) is 7.99. The Kier molecular flexibility index (Phi) is 5.48. The maximum atomic E-state index is 12.9. The van der Waals surface area contributed by atoms with Crippen molar-refractivity contribution in [2.24, 2.45) is 0 Å². The van der Waals surface area contributed by atoms with E-state index in [2.05, 4.69) is 5.32 Å². The van der Waals surface area contributed by atoms with E-state index in [9.17, 15) is 13.2 Å². The fourth-order valence-electron chi connectivity index (χ4n) is 2.91. The van der Waals surface area contributed by atoms with Gasteiger partial charge in [-0.3, -0.25) is 4.79 Å². The van der Waals surface area contributed by atoms with Gasteiger partial charge in [-0.25, -0.2) is 8.42 Å². The molecule has 1 amide bonds. The third kappa shape index (κ3) is 3.89. The lowest BCUT2D eigenvalue weighted by Crippen LogP contribution is -2.46. The predicted octanol–water partition coefficient (Wildman–Crippen LogP) is 3.29. The first-order valence-corrected chi connectivity index (χ1v) is 10.7. The summed E-state index contributed by atoms with van der Waals surface area (Å²) in [6.07, 6.45) is 1.19. The van der Waals surface area contributed by atoms with Crippen molar-refractivity contribution in [3.8, 4) is 0 Å². The van der Waals surface area contributed by atoms with E-state index in [1.54, 1.807) is 31.2 Å². The van der Waals surface area contributed by atoms with Crippen LogP contribution in [-0.2, 0) is 10.0 Å². The monoisotopic (exact) mass is 398 g/mol. The smallest absolute Gasteiger partial charge is 0.261 e. The zero-order valence-electron chi connectivity index (χ0n) is 13.7. The van der Waals surface area contributed by atoms with Crippen molar-refractivity contribution in [3.63, 3.8) is 0 Å². The van der Waals surface area contributed by atoms with Crippen LogP contribution in [-0.4, -0.2) is 37.8 Å². The van der Waals surface area contributed by atoms with Crippen LogP contribution in [0.3, 0.4) is 0 Å². The second kappa shape index (κ2) is 7.45. The van der Waals surface area contributed by atoms with E-state index in [-0.39, 0.29) is 16.8 Å². The van der Waals surface area contributed by atoms with Crippen molar-refractivity contribution in [2.45, 2.75) is 30.7 Å². The summed E-state index contributed by atoms with van der Waals surface area (Å²) in [5.41, 5.74) is 0.567. The second-order valence-corrected chi connectivity index (χ2v) is 9.25. The van der Waals surface area contributed by atoms with Crippen LogP contribution in [0.15, 0.2) is 40.6 Å². The topological polar surface area (TPSA) is 66.5 Å². The average molecular weight is 399 g/mol. The fraction of sp³-hybridized carbons (Fsp3) is 0.353. The second-order valence-electron chi connectivity index (χ2n) is 5.99. The summed E-state index contributed by atoms with van der Waals surface area (Å²) >= 11 is 7.45. The molecule has 0 radical (unpaired) electrons. The van der Waals surface area contributed by atoms with E-state index in [4.69, 9.17) is 11.6 Å². The Morgan fingerprint density at radius 1 is 1.24 bits per heavy atom. The number of thiophene rings is 1. The SMILES string of the molecule is Cc1c(Cl)cccc1S(=O)(=O)N1CCC(NC(=O)c2cccs2)CC1. The van der Waals surface area contributed by atoms with Gasteiger partial charge in [0, 0.05) is 24.2 Å². The first-order chi connectivity index (χ1) is 11.9. The molecule has 0 spiro atoms. The van der Waals surface area contributed by atoms with Crippen LogP contribution < -0.4 is 5.32 Å². The Morgan fingerprint density at radius 2 is 1.96 bits per heavy atom.